The molecular formula is C22H28O3. The summed E-state index contributed by atoms with van der Waals surface area (Å²) in [6.07, 6.45) is 14.3. The maximum Gasteiger partial charge on any atom is 0.306 e. The number of ketones is 1. The number of fused-ring (bicyclic) bond motifs is 6. The smallest absolute Gasteiger partial charge is 0.306 e. The van der Waals surface area contributed by atoms with Crippen molar-refractivity contribution in [1.82, 2.24) is 0 Å². The summed E-state index contributed by atoms with van der Waals surface area (Å²) in [6, 6.07) is 0. The second kappa shape index (κ2) is 4.86. The lowest BCUT2D eigenvalue weighted by atomic mass is 9.48. The fourth-order valence-electron chi connectivity index (χ4n) is 7.29. The van der Waals surface area contributed by atoms with E-state index in [1.165, 1.54) is 18.4 Å². The predicted octanol–water partition coefficient (Wildman–Crippen LogP) is 4.37. The van der Waals surface area contributed by atoms with Gasteiger partial charge in [0.25, 0.3) is 0 Å². The summed E-state index contributed by atoms with van der Waals surface area (Å²) < 4.78 is 5.99. The third-order valence-electron chi connectivity index (χ3n) is 8.85. The Morgan fingerprint density at radius 3 is 2.56 bits per heavy atom. The summed E-state index contributed by atoms with van der Waals surface area (Å²) in [6.45, 7) is 4.78. The van der Waals surface area contributed by atoms with E-state index in [9.17, 15) is 9.59 Å². The van der Waals surface area contributed by atoms with E-state index >= 15 is 0 Å². The molecule has 5 aliphatic rings. The van der Waals surface area contributed by atoms with E-state index in [4.69, 9.17) is 4.74 Å². The van der Waals surface area contributed by atoms with Crippen LogP contribution in [0, 0.1) is 28.6 Å². The quantitative estimate of drug-likeness (QED) is 0.615. The topological polar surface area (TPSA) is 43.4 Å². The first-order valence-electron chi connectivity index (χ1n) is 10.0. The molecule has 0 aromatic heterocycles. The van der Waals surface area contributed by atoms with Crippen molar-refractivity contribution in [3.8, 4) is 0 Å². The highest BCUT2D eigenvalue weighted by Crippen LogP contribution is 2.68. The molecule has 134 valence electrons. The Bertz CT molecular complexity index is 719. The molecule has 1 heterocycles. The zero-order valence-corrected chi connectivity index (χ0v) is 15.3. The molecule has 0 aromatic carbocycles. The first-order chi connectivity index (χ1) is 11.9. The van der Waals surface area contributed by atoms with Crippen LogP contribution in [0.15, 0.2) is 23.8 Å². The van der Waals surface area contributed by atoms with E-state index in [2.05, 4.69) is 26.0 Å². The number of esters is 1. The Morgan fingerprint density at radius 2 is 1.80 bits per heavy atom. The van der Waals surface area contributed by atoms with Crippen LogP contribution in [0.25, 0.3) is 0 Å². The fourth-order valence-corrected chi connectivity index (χ4v) is 7.29. The van der Waals surface area contributed by atoms with Crippen molar-refractivity contribution < 1.29 is 14.3 Å². The summed E-state index contributed by atoms with van der Waals surface area (Å²) in [4.78, 5) is 23.8. The van der Waals surface area contributed by atoms with Gasteiger partial charge in [0.2, 0.25) is 0 Å². The molecule has 0 radical (unpaired) electrons. The Labute approximate surface area is 149 Å². The highest BCUT2D eigenvalue weighted by Gasteiger charge is 2.66. The molecule has 3 nitrogen and oxygen atoms in total. The average Bonchev–Trinajstić information content (AvgIpc) is 3.10. The van der Waals surface area contributed by atoms with E-state index in [0.29, 0.717) is 30.6 Å². The predicted molar refractivity (Wildman–Crippen MR) is 94.7 cm³/mol. The van der Waals surface area contributed by atoms with Crippen LogP contribution in [0.1, 0.15) is 65.2 Å². The molecule has 3 fully saturated rings. The summed E-state index contributed by atoms with van der Waals surface area (Å²) in [5.74, 6) is 2.08. The standard InChI is InChI=1S/C22H28O3/c1-20-9-5-15(23)13-14(20)3-4-16-17(20)6-10-21(2)18(16)7-11-22(21)12-8-19(24)25-22/h3-4,13,16-18H,5-12H2,1-2H3/t16-,17?,18+,20+,21+,22-/m1/s1. The number of carbonyl (C=O) groups excluding carboxylic acids is 2. The summed E-state index contributed by atoms with van der Waals surface area (Å²) >= 11 is 0. The molecule has 25 heavy (non-hydrogen) atoms. The van der Waals surface area contributed by atoms with Gasteiger partial charge in [0.15, 0.2) is 5.78 Å². The second-order valence-corrected chi connectivity index (χ2v) is 9.60. The highest BCUT2D eigenvalue weighted by atomic mass is 16.6. The average molecular weight is 340 g/mol. The van der Waals surface area contributed by atoms with Gasteiger partial charge in [-0.05, 0) is 73.3 Å². The second-order valence-electron chi connectivity index (χ2n) is 9.60. The Morgan fingerprint density at radius 1 is 1.00 bits per heavy atom. The molecule has 0 aromatic rings. The van der Waals surface area contributed by atoms with Gasteiger partial charge < -0.3 is 4.74 Å². The first kappa shape index (κ1) is 15.8. The van der Waals surface area contributed by atoms with E-state index in [-0.39, 0.29) is 28.2 Å². The SMILES string of the molecule is C[C@]12CCC(=O)C=C1C=C[C@@H]1C2CC[C@@]2(C)[C@H]1CC[C@@]21CCC(=O)O1. The molecule has 0 bridgehead atoms. The van der Waals surface area contributed by atoms with Gasteiger partial charge in [0.05, 0.1) is 0 Å². The van der Waals surface area contributed by atoms with E-state index in [1.807, 2.05) is 6.08 Å². The third-order valence-corrected chi connectivity index (χ3v) is 8.85. The van der Waals surface area contributed by atoms with E-state index in [1.54, 1.807) is 0 Å². The number of allylic oxidation sites excluding steroid dienone is 4. The minimum absolute atomic E-state index is 0.00570. The molecule has 0 amide bonds. The maximum atomic E-state index is 11.9. The number of carbonyl (C=O) groups is 2. The van der Waals surface area contributed by atoms with Crippen LogP contribution in [0.2, 0.25) is 0 Å². The van der Waals surface area contributed by atoms with Gasteiger partial charge in [-0.15, -0.1) is 0 Å². The van der Waals surface area contributed by atoms with Gasteiger partial charge in [-0.3, -0.25) is 9.59 Å². The molecule has 5 rings (SSSR count). The molecule has 6 atom stereocenters. The van der Waals surface area contributed by atoms with Gasteiger partial charge in [-0.1, -0.05) is 26.0 Å². The van der Waals surface area contributed by atoms with Crippen molar-refractivity contribution in [2.45, 2.75) is 70.8 Å². The van der Waals surface area contributed by atoms with Crippen molar-refractivity contribution >= 4 is 11.8 Å². The van der Waals surface area contributed by atoms with Crippen molar-refractivity contribution in [3.05, 3.63) is 23.8 Å². The summed E-state index contributed by atoms with van der Waals surface area (Å²) in [7, 11) is 0. The number of hydrogen-bond donors (Lipinski definition) is 0. The monoisotopic (exact) mass is 340 g/mol. The minimum Gasteiger partial charge on any atom is -0.458 e. The molecule has 1 aliphatic heterocycles. The lowest BCUT2D eigenvalue weighted by Crippen LogP contribution is -2.53. The van der Waals surface area contributed by atoms with Gasteiger partial charge >= 0.3 is 5.97 Å². The normalized spacial score (nSPS) is 51.0. The van der Waals surface area contributed by atoms with Gasteiger partial charge in [-0.2, -0.15) is 0 Å². The van der Waals surface area contributed by atoms with Crippen LogP contribution < -0.4 is 0 Å². The number of hydrogen-bond acceptors (Lipinski definition) is 3. The molecular weight excluding hydrogens is 312 g/mol. The molecule has 1 spiro atoms. The fraction of sp³-hybridized carbons (Fsp3) is 0.727. The van der Waals surface area contributed by atoms with Gasteiger partial charge in [-0.25, -0.2) is 0 Å². The Balaban J connectivity index is 1.53. The van der Waals surface area contributed by atoms with Crippen molar-refractivity contribution in [2.75, 3.05) is 0 Å². The largest absolute Gasteiger partial charge is 0.458 e. The van der Waals surface area contributed by atoms with Crippen molar-refractivity contribution in [2.24, 2.45) is 28.6 Å². The third kappa shape index (κ3) is 1.88. The zero-order chi connectivity index (χ0) is 17.4. The maximum absolute atomic E-state index is 11.9. The molecule has 4 aliphatic carbocycles. The number of rotatable bonds is 0. The first-order valence-corrected chi connectivity index (χ1v) is 10.0. The van der Waals surface area contributed by atoms with Gasteiger partial charge in [0.1, 0.15) is 5.60 Å². The zero-order valence-electron chi connectivity index (χ0n) is 15.3. The lowest BCUT2D eigenvalue weighted by molar-refractivity contribution is -0.165. The van der Waals surface area contributed by atoms with Crippen LogP contribution in [-0.4, -0.2) is 17.4 Å². The van der Waals surface area contributed by atoms with Crippen LogP contribution in [-0.2, 0) is 14.3 Å². The van der Waals surface area contributed by atoms with Crippen LogP contribution in [0.4, 0.5) is 0 Å². The lowest BCUT2D eigenvalue weighted by Gasteiger charge is -2.57. The van der Waals surface area contributed by atoms with Crippen LogP contribution in [0.5, 0.6) is 0 Å². The Kier molecular flexibility index (Phi) is 3.08. The van der Waals surface area contributed by atoms with Crippen LogP contribution >= 0.6 is 0 Å². The molecule has 0 N–H and O–H groups in total. The number of ether oxygens (including phenoxy) is 1. The van der Waals surface area contributed by atoms with Crippen molar-refractivity contribution in [1.29, 1.82) is 0 Å². The molecule has 1 saturated heterocycles. The molecule has 2 saturated carbocycles. The Hall–Kier alpha value is -1.38. The van der Waals surface area contributed by atoms with Crippen molar-refractivity contribution in [3.63, 3.8) is 0 Å². The summed E-state index contributed by atoms with van der Waals surface area (Å²) in [5, 5.41) is 0. The van der Waals surface area contributed by atoms with E-state index in [0.717, 1.165) is 25.7 Å². The highest BCUT2D eigenvalue weighted by molar-refractivity contribution is 5.92. The van der Waals surface area contributed by atoms with Gasteiger partial charge in [0, 0.05) is 18.3 Å². The van der Waals surface area contributed by atoms with Crippen LogP contribution in [0.3, 0.4) is 0 Å². The molecule has 3 heteroatoms. The summed E-state index contributed by atoms with van der Waals surface area (Å²) in [5.41, 5.74) is 1.32. The van der Waals surface area contributed by atoms with E-state index < -0.39 is 0 Å². The molecule has 1 unspecified atom stereocenters. The minimum atomic E-state index is -0.201.